The van der Waals surface area contributed by atoms with E-state index in [1.54, 1.807) is 0 Å². The van der Waals surface area contributed by atoms with Crippen molar-refractivity contribution in [1.29, 1.82) is 0 Å². The molecule has 2 aliphatic heterocycles. The van der Waals surface area contributed by atoms with E-state index in [1.807, 2.05) is 6.08 Å². The molecule has 0 radical (unpaired) electrons. The van der Waals surface area contributed by atoms with Crippen LogP contribution < -0.4 is 0 Å². The first-order valence-corrected chi connectivity index (χ1v) is 12.8. The Morgan fingerprint density at radius 3 is 2.60 bits per heavy atom. The lowest BCUT2D eigenvalue weighted by Crippen LogP contribution is -2.52. The van der Waals surface area contributed by atoms with E-state index in [0.717, 1.165) is 50.0 Å². The van der Waals surface area contributed by atoms with Crippen LogP contribution in [0.2, 0.25) is 0 Å². The molecule has 0 amide bonds. The van der Waals surface area contributed by atoms with Crippen molar-refractivity contribution in [3.8, 4) is 0 Å². The average molecular weight is 413 g/mol. The molecule has 166 valence electrons. The van der Waals surface area contributed by atoms with E-state index in [1.165, 1.54) is 37.7 Å². The van der Waals surface area contributed by atoms with E-state index < -0.39 is 0 Å². The Labute approximate surface area is 182 Å². The zero-order valence-corrected chi connectivity index (χ0v) is 19.4. The lowest BCUT2D eigenvalue weighted by atomic mass is 9.46. The monoisotopic (exact) mass is 412 g/mol. The molecule has 3 saturated carbocycles. The highest BCUT2D eigenvalue weighted by molar-refractivity contribution is 5.91. The number of ether oxygens (including phenoxy) is 2. The fourth-order valence-electron chi connectivity index (χ4n) is 9.58. The van der Waals surface area contributed by atoms with Gasteiger partial charge in [-0.3, -0.25) is 4.79 Å². The molecule has 0 aromatic heterocycles. The summed E-state index contributed by atoms with van der Waals surface area (Å²) in [6, 6.07) is 0. The highest BCUT2D eigenvalue weighted by Gasteiger charge is 2.68. The van der Waals surface area contributed by atoms with Crippen molar-refractivity contribution >= 4 is 5.78 Å². The number of allylic oxidation sites excluding steroid dienone is 1. The molecule has 2 heterocycles. The van der Waals surface area contributed by atoms with E-state index in [2.05, 4.69) is 27.7 Å². The van der Waals surface area contributed by atoms with Gasteiger partial charge in [-0.25, -0.2) is 0 Å². The van der Waals surface area contributed by atoms with Gasteiger partial charge in [0.1, 0.15) is 0 Å². The van der Waals surface area contributed by atoms with Gasteiger partial charge < -0.3 is 9.47 Å². The molecule has 1 spiro atoms. The lowest BCUT2D eigenvalue weighted by Gasteiger charge is -2.58. The largest absolute Gasteiger partial charge is 0.349 e. The summed E-state index contributed by atoms with van der Waals surface area (Å²) in [7, 11) is 0. The molecular weight excluding hydrogens is 372 g/mol. The molecular formula is C27H40O3. The molecule has 3 nitrogen and oxygen atoms in total. The molecule has 5 fully saturated rings. The molecule has 30 heavy (non-hydrogen) atoms. The molecule has 0 aromatic rings. The number of hydrogen-bond acceptors (Lipinski definition) is 3. The van der Waals surface area contributed by atoms with Crippen LogP contribution in [0.15, 0.2) is 11.6 Å². The molecule has 0 aromatic carbocycles. The van der Waals surface area contributed by atoms with Gasteiger partial charge in [0.15, 0.2) is 11.6 Å². The summed E-state index contributed by atoms with van der Waals surface area (Å²) < 4.78 is 13.3. The minimum atomic E-state index is -0.301. The van der Waals surface area contributed by atoms with Gasteiger partial charge in [-0.15, -0.1) is 0 Å². The first-order chi connectivity index (χ1) is 14.3. The summed E-state index contributed by atoms with van der Waals surface area (Å²) in [5, 5.41) is 0. The van der Waals surface area contributed by atoms with E-state index in [4.69, 9.17) is 9.47 Å². The van der Waals surface area contributed by atoms with Crippen LogP contribution in [0.5, 0.6) is 0 Å². The van der Waals surface area contributed by atoms with Crippen LogP contribution in [0.3, 0.4) is 0 Å². The minimum absolute atomic E-state index is 0.270. The Hall–Kier alpha value is -0.670. The molecule has 6 rings (SSSR count). The summed E-state index contributed by atoms with van der Waals surface area (Å²) in [5.74, 6) is 4.24. The third-order valence-electron chi connectivity index (χ3n) is 11.2. The Morgan fingerprint density at radius 1 is 1.00 bits per heavy atom. The van der Waals surface area contributed by atoms with E-state index in [0.29, 0.717) is 35.1 Å². The van der Waals surface area contributed by atoms with Gasteiger partial charge in [-0.1, -0.05) is 33.3 Å². The van der Waals surface area contributed by atoms with E-state index in [-0.39, 0.29) is 11.2 Å². The molecule has 3 heteroatoms. The Bertz CT molecular complexity index is 777. The molecule has 0 bridgehead atoms. The maximum absolute atomic E-state index is 12.1. The highest BCUT2D eigenvalue weighted by atomic mass is 16.7. The summed E-state index contributed by atoms with van der Waals surface area (Å²) >= 11 is 0. The highest BCUT2D eigenvalue weighted by Crippen LogP contribution is 2.70. The Kier molecular flexibility index (Phi) is 4.29. The number of carbonyl (C=O) groups is 1. The van der Waals surface area contributed by atoms with Gasteiger partial charge >= 0.3 is 0 Å². The van der Waals surface area contributed by atoms with E-state index >= 15 is 0 Å². The van der Waals surface area contributed by atoms with Gasteiger partial charge in [0.25, 0.3) is 0 Å². The van der Waals surface area contributed by atoms with Crippen LogP contribution in [-0.2, 0) is 14.3 Å². The molecule has 6 aliphatic rings. The number of ketones is 1. The van der Waals surface area contributed by atoms with Gasteiger partial charge in [-0.05, 0) is 91.4 Å². The fraction of sp³-hybridized carbons (Fsp3) is 0.889. The van der Waals surface area contributed by atoms with Crippen LogP contribution in [0.25, 0.3) is 0 Å². The summed E-state index contributed by atoms with van der Waals surface area (Å²) in [6.45, 7) is 10.7. The zero-order valence-electron chi connectivity index (χ0n) is 19.4. The van der Waals surface area contributed by atoms with Crippen molar-refractivity contribution in [2.45, 2.75) is 97.4 Å². The van der Waals surface area contributed by atoms with Crippen LogP contribution >= 0.6 is 0 Å². The van der Waals surface area contributed by atoms with Crippen LogP contribution in [-0.4, -0.2) is 24.3 Å². The van der Waals surface area contributed by atoms with Crippen molar-refractivity contribution in [3.05, 3.63) is 11.6 Å². The smallest absolute Gasteiger partial charge is 0.171 e. The maximum Gasteiger partial charge on any atom is 0.171 e. The molecule has 0 N–H and O–H groups in total. The number of fused-ring (bicyclic) bond motifs is 7. The van der Waals surface area contributed by atoms with Gasteiger partial charge in [-0.2, -0.15) is 0 Å². The van der Waals surface area contributed by atoms with Crippen molar-refractivity contribution in [1.82, 2.24) is 0 Å². The summed E-state index contributed by atoms with van der Waals surface area (Å²) in [5.41, 5.74) is 2.14. The first kappa shape index (κ1) is 20.0. The third kappa shape index (κ3) is 2.48. The second kappa shape index (κ2) is 6.44. The Balaban J connectivity index is 1.28. The second-order valence-corrected chi connectivity index (χ2v) is 12.5. The molecule has 4 aliphatic carbocycles. The predicted molar refractivity (Wildman–Crippen MR) is 117 cm³/mol. The maximum atomic E-state index is 12.1. The lowest BCUT2D eigenvalue weighted by molar-refractivity contribution is -0.272. The van der Waals surface area contributed by atoms with Gasteiger partial charge in [0.05, 0.1) is 12.7 Å². The topological polar surface area (TPSA) is 35.5 Å². The quantitative estimate of drug-likeness (QED) is 0.495. The van der Waals surface area contributed by atoms with Crippen molar-refractivity contribution < 1.29 is 14.3 Å². The van der Waals surface area contributed by atoms with Gasteiger partial charge in [0, 0.05) is 18.8 Å². The van der Waals surface area contributed by atoms with Crippen molar-refractivity contribution in [2.24, 2.45) is 46.3 Å². The molecule has 0 unspecified atom stereocenters. The van der Waals surface area contributed by atoms with Crippen LogP contribution in [0.1, 0.15) is 85.5 Å². The standard InChI is InChI=1S/C27H40O3/c1-16-7-12-27(29-15-16)17(2)24-23(30-27)14-22-20-6-5-18-13-19(28)8-10-25(18,3)21(20)9-11-26(22,24)4/h13,16-17,20-24H,5-12,14-15H2,1-4H3/t16-,17+,20+,21-,22+,23+,24-,25+,26+,27+/m1/s1. The predicted octanol–water partition coefficient (Wildman–Crippen LogP) is 5.92. The fourth-order valence-corrected chi connectivity index (χ4v) is 9.58. The van der Waals surface area contributed by atoms with E-state index in [9.17, 15) is 4.79 Å². The van der Waals surface area contributed by atoms with Crippen molar-refractivity contribution in [2.75, 3.05) is 6.61 Å². The SMILES string of the molecule is C[C@@H]1CC[C@]2(OC1)O[C@H]1C[C@H]3[C@H]4CCC5=CC(=O)CC[C@]5(C)[C@@H]4CC[C@]3(C)[C@@H]1[C@@H]2C. The second-order valence-electron chi connectivity index (χ2n) is 12.5. The van der Waals surface area contributed by atoms with Crippen LogP contribution in [0.4, 0.5) is 0 Å². The van der Waals surface area contributed by atoms with Crippen molar-refractivity contribution in [3.63, 3.8) is 0 Å². The first-order valence-electron chi connectivity index (χ1n) is 12.8. The van der Waals surface area contributed by atoms with Crippen LogP contribution in [0, 0.1) is 46.3 Å². The number of carbonyl (C=O) groups excluding carboxylic acids is 1. The number of hydrogen-bond donors (Lipinski definition) is 0. The third-order valence-corrected chi connectivity index (χ3v) is 11.2. The molecule has 10 atom stereocenters. The normalized spacial score (nSPS) is 57.4. The summed E-state index contributed by atoms with van der Waals surface area (Å²) in [6.07, 6.45) is 12.9. The Morgan fingerprint density at radius 2 is 1.83 bits per heavy atom. The number of rotatable bonds is 0. The molecule has 2 saturated heterocycles. The van der Waals surface area contributed by atoms with Gasteiger partial charge in [0.2, 0.25) is 0 Å². The summed E-state index contributed by atoms with van der Waals surface area (Å²) in [4.78, 5) is 12.1. The average Bonchev–Trinajstić information content (AvgIpc) is 3.16. The minimum Gasteiger partial charge on any atom is -0.349 e. The zero-order chi connectivity index (χ0) is 20.9.